The number of carbonyl (C=O) groups is 1. The quantitative estimate of drug-likeness (QED) is 0.711. The number of anilines is 2. The molecule has 8 nitrogen and oxygen atoms in total. The van der Waals surface area contributed by atoms with Crippen LogP contribution in [0.4, 0.5) is 11.7 Å². The summed E-state index contributed by atoms with van der Waals surface area (Å²) in [6.45, 7) is 0.684. The Morgan fingerprint density at radius 1 is 1.03 bits per heavy atom. The third-order valence-corrected chi connectivity index (χ3v) is 4.90. The van der Waals surface area contributed by atoms with Gasteiger partial charge < -0.3 is 19.8 Å². The average molecular weight is 389 g/mol. The van der Waals surface area contributed by atoms with E-state index >= 15 is 0 Å². The number of aliphatic imine (C=N–C) groups is 1. The standard InChI is InChI=1S/C21H19N5O3/c27-19-18(24-21-26-25-20(29-21)16-11-6-12-28-16)23-17(13-7-2-1-3-8-13)14-9-4-5-10-15(14)22-19/h1-5,7-10,16,18H,6,11-12H2,(H,22,27)(H,24,26)/t16-,18?/m0/s1. The molecular weight excluding hydrogens is 370 g/mol. The van der Waals surface area contributed by atoms with E-state index in [1.54, 1.807) is 0 Å². The van der Waals surface area contributed by atoms with Gasteiger partial charge in [-0.05, 0) is 18.9 Å². The van der Waals surface area contributed by atoms with Gasteiger partial charge in [0.1, 0.15) is 6.10 Å². The average Bonchev–Trinajstić information content (AvgIpc) is 3.42. The van der Waals surface area contributed by atoms with Gasteiger partial charge >= 0.3 is 6.01 Å². The van der Waals surface area contributed by atoms with Crippen molar-refractivity contribution in [3.63, 3.8) is 0 Å². The molecule has 2 aromatic carbocycles. The first-order chi connectivity index (χ1) is 14.3. The van der Waals surface area contributed by atoms with Gasteiger partial charge in [-0.2, -0.15) is 0 Å². The summed E-state index contributed by atoms with van der Waals surface area (Å²) in [6.07, 6.45) is 0.699. The number of hydrogen-bond acceptors (Lipinski definition) is 7. The lowest BCUT2D eigenvalue weighted by Crippen LogP contribution is -2.32. The molecule has 2 atom stereocenters. The van der Waals surface area contributed by atoms with Crippen molar-refractivity contribution in [2.24, 2.45) is 4.99 Å². The Kier molecular flexibility index (Phi) is 4.53. The number of fused-ring (bicyclic) bond motifs is 1. The fraction of sp³-hybridized carbons (Fsp3) is 0.238. The number of carbonyl (C=O) groups excluding carboxylic acids is 1. The van der Waals surface area contributed by atoms with Gasteiger partial charge in [0.2, 0.25) is 12.1 Å². The first kappa shape index (κ1) is 17.6. The van der Waals surface area contributed by atoms with Crippen LogP contribution in [0.1, 0.15) is 36.0 Å². The van der Waals surface area contributed by atoms with Gasteiger partial charge in [0.15, 0.2) is 0 Å². The zero-order valence-corrected chi connectivity index (χ0v) is 15.5. The summed E-state index contributed by atoms with van der Waals surface area (Å²) < 4.78 is 11.2. The van der Waals surface area contributed by atoms with Crippen molar-refractivity contribution in [3.05, 3.63) is 71.6 Å². The van der Waals surface area contributed by atoms with E-state index in [1.165, 1.54) is 0 Å². The van der Waals surface area contributed by atoms with E-state index in [2.05, 4.69) is 20.8 Å². The van der Waals surface area contributed by atoms with Crippen molar-refractivity contribution < 1.29 is 13.9 Å². The Bertz CT molecular complexity index is 1060. The molecule has 1 amide bonds. The maximum absolute atomic E-state index is 12.8. The number of benzodiazepines with no additional fused rings is 1. The molecule has 8 heteroatoms. The monoisotopic (exact) mass is 389 g/mol. The summed E-state index contributed by atoms with van der Waals surface area (Å²) in [7, 11) is 0. The topological polar surface area (TPSA) is 102 Å². The summed E-state index contributed by atoms with van der Waals surface area (Å²) in [5, 5.41) is 13.9. The second-order valence-corrected chi connectivity index (χ2v) is 6.87. The number of para-hydroxylation sites is 1. The highest BCUT2D eigenvalue weighted by Gasteiger charge is 2.28. The van der Waals surface area contributed by atoms with Crippen molar-refractivity contribution in [1.82, 2.24) is 10.2 Å². The lowest BCUT2D eigenvalue weighted by molar-refractivity contribution is -0.116. The maximum Gasteiger partial charge on any atom is 0.317 e. The molecule has 1 aromatic heterocycles. The van der Waals surface area contributed by atoms with Crippen LogP contribution >= 0.6 is 0 Å². The number of benzene rings is 2. The number of nitrogens with zero attached hydrogens (tertiary/aromatic N) is 3. The summed E-state index contributed by atoms with van der Waals surface area (Å²) >= 11 is 0. The van der Waals surface area contributed by atoms with Crippen LogP contribution in [-0.2, 0) is 9.53 Å². The van der Waals surface area contributed by atoms with Crippen molar-refractivity contribution in [2.75, 3.05) is 17.2 Å². The van der Waals surface area contributed by atoms with Gasteiger partial charge in [0.05, 0.1) is 11.4 Å². The molecule has 0 bridgehead atoms. The van der Waals surface area contributed by atoms with Crippen LogP contribution < -0.4 is 10.6 Å². The normalized spacial score (nSPS) is 21.1. The van der Waals surface area contributed by atoms with Crippen LogP contribution in [0.5, 0.6) is 0 Å². The van der Waals surface area contributed by atoms with Crippen LogP contribution in [0.15, 0.2) is 64.0 Å². The highest BCUT2D eigenvalue weighted by molar-refractivity contribution is 6.19. The van der Waals surface area contributed by atoms with Crippen molar-refractivity contribution in [2.45, 2.75) is 25.1 Å². The fourth-order valence-corrected chi connectivity index (χ4v) is 3.49. The zero-order valence-electron chi connectivity index (χ0n) is 15.5. The van der Waals surface area contributed by atoms with Gasteiger partial charge in [-0.25, -0.2) is 4.99 Å². The molecule has 0 aliphatic carbocycles. The van der Waals surface area contributed by atoms with Crippen molar-refractivity contribution >= 4 is 23.3 Å². The van der Waals surface area contributed by atoms with Crippen LogP contribution in [-0.4, -0.2) is 34.6 Å². The van der Waals surface area contributed by atoms with E-state index in [1.807, 2.05) is 54.6 Å². The van der Waals surface area contributed by atoms with Gasteiger partial charge in [0.25, 0.3) is 5.91 Å². The summed E-state index contributed by atoms with van der Waals surface area (Å²) in [5.41, 5.74) is 3.17. The molecule has 2 aliphatic rings. The first-order valence-electron chi connectivity index (χ1n) is 9.53. The molecule has 2 N–H and O–H groups in total. The molecule has 0 saturated carbocycles. The molecule has 1 unspecified atom stereocenters. The minimum atomic E-state index is -0.921. The Morgan fingerprint density at radius 3 is 2.69 bits per heavy atom. The summed E-state index contributed by atoms with van der Waals surface area (Å²) in [5.74, 6) is 0.106. The molecular formula is C21H19N5O3. The number of hydrogen-bond donors (Lipinski definition) is 2. The molecule has 3 aromatic rings. The molecule has 29 heavy (non-hydrogen) atoms. The Morgan fingerprint density at radius 2 is 1.86 bits per heavy atom. The van der Waals surface area contributed by atoms with Gasteiger partial charge in [-0.3, -0.25) is 4.79 Å². The second kappa shape index (κ2) is 7.48. The van der Waals surface area contributed by atoms with Crippen LogP contribution in [0.3, 0.4) is 0 Å². The molecule has 1 saturated heterocycles. The number of ether oxygens (including phenoxy) is 1. The number of rotatable bonds is 4. The molecule has 5 rings (SSSR count). The minimum Gasteiger partial charge on any atom is -0.405 e. The number of amides is 1. The Labute approximate surface area is 167 Å². The van der Waals surface area contributed by atoms with E-state index in [9.17, 15) is 4.79 Å². The zero-order chi connectivity index (χ0) is 19.6. The summed E-state index contributed by atoms with van der Waals surface area (Å²) in [6, 6.07) is 17.5. The predicted molar refractivity (Wildman–Crippen MR) is 107 cm³/mol. The minimum absolute atomic E-state index is 0.137. The molecule has 2 aliphatic heterocycles. The van der Waals surface area contributed by atoms with Crippen molar-refractivity contribution in [1.29, 1.82) is 0 Å². The highest BCUT2D eigenvalue weighted by Crippen LogP contribution is 2.29. The molecule has 146 valence electrons. The van der Waals surface area contributed by atoms with E-state index in [4.69, 9.17) is 14.1 Å². The van der Waals surface area contributed by atoms with Gasteiger partial charge in [-0.15, -0.1) is 5.10 Å². The lowest BCUT2D eigenvalue weighted by atomic mass is 10.0. The second-order valence-electron chi connectivity index (χ2n) is 6.87. The SMILES string of the molecule is O=C1Nc2ccccc2C(c2ccccc2)=NC1Nc1nnc([C@@H]2CCCO2)o1. The third-order valence-electron chi connectivity index (χ3n) is 4.90. The lowest BCUT2D eigenvalue weighted by Gasteiger charge is -2.11. The fourth-order valence-electron chi connectivity index (χ4n) is 3.49. The smallest absolute Gasteiger partial charge is 0.317 e. The molecule has 0 spiro atoms. The Balaban J connectivity index is 1.49. The third kappa shape index (κ3) is 3.50. The largest absolute Gasteiger partial charge is 0.405 e. The van der Waals surface area contributed by atoms with E-state index in [-0.39, 0.29) is 18.0 Å². The highest BCUT2D eigenvalue weighted by atomic mass is 16.5. The first-order valence-corrected chi connectivity index (χ1v) is 9.53. The number of nitrogens with one attached hydrogen (secondary N) is 2. The van der Waals surface area contributed by atoms with Crippen molar-refractivity contribution in [3.8, 4) is 0 Å². The van der Waals surface area contributed by atoms with Crippen LogP contribution in [0.2, 0.25) is 0 Å². The van der Waals surface area contributed by atoms with Crippen LogP contribution in [0.25, 0.3) is 0 Å². The molecule has 0 radical (unpaired) electrons. The van der Waals surface area contributed by atoms with Gasteiger partial charge in [0, 0.05) is 17.7 Å². The van der Waals surface area contributed by atoms with Gasteiger partial charge in [-0.1, -0.05) is 53.6 Å². The maximum atomic E-state index is 12.8. The van der Waals surface area contributed by atoms with E-state index in [0.717, 1.165) is 24.0 Å². The van der Waals surface area contributed by atoms with E-state index in [0.29, 0.717) is 23.9 Å². The Hall–Kier alpha value is -3.52. The number of aromatic nitrogens is 2. The molecule has 1 fully saturated rings. The van der Waals surface area contributed by atoms with E-state index < -0.39 is 6.17 Å². The predicted octanol–water partition coefficient (Wildman–Crippen LogP) is 3.15. The summed E-state index contributed by atoms with van der Waals surface area (Å²) in [4.78, 5) is 17.5. The van der Waals surface area contributed by atoms with Crippen LogP contribution in [0, 0.1) is 0 Å². The molecule has 3 heterocycles.